The summed E-state index contributed by atoms with van der Waals surface area (Å²) in [4.78, 5) is 11.3. The zero-order chi connectivity index (χ0) is 21.3. The van der Waals surface area contributed by atoms with Gasteiger partial charge in [-0.15, -0.1) is 0 Å². The van der Waals surface area contributed by atoms with E-state index in [0.717, 1.165) is 55.8 Å². The van der Waals surface area contributed by atoms with Gasteiger partial charge in [0.15, 0.2) is 11.5 Å². The number of nitrogens with one attached hydrogen (secondary N) is 1. The number of hydrogen-bond acceptors (Lipinski definition) is 7. The Kier molecular flexibility index (Phi) is 8.13. The average molecular weight is 414 g/mol. The van der Waals surface area contributed by atoms with Crippen molar-refractivity contribution in [3.05, 3.63) is 36.0 Å². The van der Waals surface area contributed by atoms with Gasteiger partial charge in [-0.25, -0.2) is 4.98 Å². The van der Waals surface area contributed by atoms with Crippen LogP contribution in [0.2, 0.25) is 0 Å². The Balaban J connectivity index is 1.86. The van der Waals surface area contributed by atoms with Gasteiger partial charge in [0, 0.05) is 18.8 Å². The van der Waals surface area contributed by atoms with Crippen LogP contribution in [-0.2, 0) is 6.54 Å². The van der Waals surface area contributed by atoms with Gasteiger partial charge >= 0.3 is 0 Å². The summed E-state index contributed by atoms with van der Waals surface area (Å²) in [6.45, 7) is 9.57. The smallest absolute Gasteiger partial charge is 0.227 e. The molecule has 0 atom stereocenters. The molecule has 0 saturated carbocycles. The number of nitrogen functional groups attached to an aromatic ring is 1. The fourth-order valence-corrected chi connectivity index (χ4v) is 3.83. The van der Waals surface area contributed by atoms with E-state index in [0.29, 0.717) is 31.0 Å². The molecule has 0 amide bonds. The molecule has 0 radical (unpaired) electrons. The maximum atomic E-state index is 6.19. The van der Waals surface area contributed by atoms with Gasteiger partial charge in [0.1, 0.15) is 5.82 Å². The molecule has 0 aliphatic carbocycles. The van der Waals surface area contributed by atoms with Crippen LogP contribution in [0, 0.1) is 0 Å². The third-order valence-corrected chi connectivity index (χ3v) is 5.54. The highest BCUT2D eigenvalue weighted by molar-refractivity contribution is 5.46. The Morgan fingerprint density at radius 2 is 1.90 bits per heavy atom. The van der Waals surface area contributed by atoms with E-state index in [-0.39, 0.29) is 6.10 Å². The summed E-state index contributed by atoms with van der Waals surface area (Å²) in [5, 5.41) is 3.43. The number of nitrogens with zero attached hydrogens (tertiary/aromatic N) is 3. The number of nitrogens with two attached hydrogens (primary N) is 1. The zero-order valence-corrected chi connectivity index (χ0v) is 18.4. The van der Waals surface area contributed by atoms with Crippen LogP contribution in [0.15, 0.2) is 30.5 Å². The molecule has 1 fully saturated rings. The minimum absolute atomic E-state index is 0.196. The third-order valence-electron chi connectivity index (χ3n) is 5.54. The second-order valence-electron chi connectivity index (χ2n) is 7.66. The molecule has 0 unspecified atom stereocenters. The molecule has 1 aromatic carbocycles. The number of anilines is 2. The van der Waals surface area contributed by atoms with Crippen molar-refractivity contribution in [2.45, 2.75) is 65.1 Å². The fourth-order valence-electron chi connectivity index (χ4n) is 3.83. The first-order chi connectivity index (χ1) is 14.6. The SMILES string of the molecule is CCOc1cc(CN(c2nccc(N)n2)C2CCNCC2)ccc1OC(CC)CC. The molecular weight excluding hydrogens is 378 g/mol. The number of rotatable bonds is 10. The van der Waals surface area contributed by atoms with Crippen molar-refractivity contribution in [3.63, 3.8) is 0 Å². The van der Waals surface area contributed by atoms with Crippen LogP contribution >= 0.6 is 0 Å². The molecule has 2 heterocycles. The summed E-state index contributed by atoms with van der Waals surface area (Å²) < 4.78 is 12.1. The molecule has 3 N–H and O–H groups in total. The summed E-state index contributed by atoms with van der Waals surface area (Å²) in [5.41, 5.74) is 7.09. The number of aromatic nitrogens is 2. The van der Waals surface area contributed by atoms with Crippen molar-refractivity contribution in [1.29, 1.82) is 0 Å². The quantitative estimate of drug-likeness (QED) is 0.613. The second-order valence-corrected chi connectivity index (χ2v) is 7.66. The molecule has 1 aromatic heterocycles. The van der Waals surface area contributed by atoms with Crippen LogP contribution in [-0.4, -0.2) is 41.8 Å². The zero-order valence-electron chi connectivity index (χ0n) is 18.4. The molecule has 7 nitrogen and oxygen atoms in total. The minimum Gasteiger partial charge on any atom is -0.490 e. The van der Waals surface area contributed by atoms with Gasteiger partial charge in [0.05, 0.1) is 12.7 Å². The van der Waals surface area contributed by atoms with Crippen molar-refractivity contribution in [3.8, 4) is 11.5 Å². The molecular formula is C23H35N5O2. The van der Waals surface area contributed by atoms with Crippen LogP contribution in [0.5, 0.6) is 11.5 Å². The summed E-state index contributed by atoms with van der Waals surface area (Å²) in [6, 6.07) is 8.31. The maximum absolute atomic E-state index is 6.19. The molecule has 0 bridgehead atoms. The van der Waals surface area contributed by atoms with Crippen LogP contribution in [0.3, 0.4) is 0 Å². The number of ether oxygens (including phenoxy) is 2. The third kappa shape index (κ3) is 5.75. The van der Waals surface area contributed by atoms with E-state index in [4.69, 9.17) is 15.2 Å². The van der Waals surface area contributed by atoms with Gasteiger partial charge in [-0.2, -0.15) is 4.98 Å². The number of piperidine rings is 1. The molecule has 0 spiro atoms. The first-order valence-electron chi connectivity index (χ1n) is 11.1. The summed E-state index contributed by atoms with van der Waals surface area (Å²) in [7, 11) is 0. The summed E-state index contributed by atoms with van der Waals surface area (Å²) in [5.74, 6) is 2.77. The molecule has 7 heteroatoms. The lowest BCUT2D eigenvalue weighted by molar-refractivity contribution is 0.182. The summed E-state index contributed by atoms with van der Waals surface area (Å²) >= 11 is 0. The highest BCUT2D eigenvalue weighted by Crippen LogP contribution is 2.32. The lowest BCUT2D eigenvalue weighted by Gasteiger charge is -2.35. The van der Waals surface area contributed by atoms with E-state index < -0.39 is 0 Å². The highest BCUT2D eigenvalue weighted by Gasteiger charge is 2.24. The van der Waals surface area contributed by atoms with Crippen molar-refractivity contribution in [2.24, 2.45) is 0 Å². The first kappa shape index (κ1) is 22.2. The van der Waals surface area contributed by atoms with Gasteiger partial charge in [0.25, 0.3) is 0 Å². The van der Waals surface area contributed by atoms with Crippen LogP contribution in [0.25, 0.3) is 0 Å². The average Bonchev–Trinajstić information content (AvgIpc) is 2.77. The molecule has 30 heavy (non-hydrogen) atoms. The van der Waals surface area contributed by atoms with Crippen LogP contribution < -0.4 is 25.4 Å². The molecule has 1 aliphatic heterocycles. The van der Waals surface area contributed by atoms with E-state index in [1.54, 1.807) is 12.3 Å². The van der Waals surface area contributed by atoms with Gasteiger partial charge in [-0.05, 0) is 69.5 Å². The molecule has 1 aliphatic rings. The Morgan fingerprint density at radius 1 is 1.13 bits per heavy atom. The van der Waals surface area contributed by atoms with E-state index in [9.17, 15) is 0 Å². The Morgan fingerprint density at radius 3 is 2.57 bits per heavy atom. The van der Waals surface area contributed by atoms with Crippen LogP contribution in [0.1, 0.15) is 52.0 Å². The van der Waals surface area contributed by atoms with Crippen molar-refractivity contribution < 1.29 is 9.47 Å². The predicted molar refractivity (Wildman–Crippen MR) is 121 cm³/mol. The standard InChI is InChI=1S/C23H35N5O2/c1-4-19(5-2)30-20-8-7-17(15-21(20)29-6-3)16-28(18-9-12-25-13-10-18)23-26-14-11-22(24)27-23/h7-8,11,14-15,18-19,25H,4-6,9-10,12-13,16H2,1-3H3,(H2,24,26,27). The normalized spacial score (nSPS) is 14.7. The van der Waals surface area contributed by atoms with E-state index in [2.05, 4.69) is 46.2 Å². The molecule has 3 rings (SSSR count). The van der Waals surface area contributed by atoms with Crippen molar-refractivity contribution >= 4 is 11.8 Å². The monoisotopic (exact) mass is 413 g/mol. The van der Waals surface area contributed by atoms with Crippen LogP contribution in [0.4, 0.5) is 11.8 Å². The van der Waals surface area contributed by atoms with E-state index >= 15 is 0 Å². The number of hydrogen-bond donors (Lipinski definition) is 2. The lowest BCUT2D eigenvalue weighted by atomic mass is 10.0. The van der Waals surface area contributed by atoms with Crippen molar-refractivity contribution in [1.82, 2.24) is 15.3 Å². The van der Waals surface area contributed by atoms with Gasteiger partial charge in [0.2, 0.25) is 5.95 Å². The largest absolute Gasteiger partial charge is 0.490 e. The topological polar surface area (TPSA) is 85.5 Å². The van der Waals surface area contributed by atoms with Gasteiger partial charge < -0.3 is 25.4 Å². The van der Waals surface area contributed by atoms with Crippen molar-refractivity contribution in [2.75, 3.05) is 30.3 Å². The first-order valence-corrected chi connectivity index (χ1v) is 11.1. The van der Waals surface area contributed by atoms with E-state index in [1.165, 1.54) is 0 Å². The number of benzene rings is 1. The second kappa shape index (κ2) is 11.0. The van der Waals surface area contributed by atoms with E-state index in [1.807, 2.05) is 13.0 Å². The Labute approximate surface area is 180 Å². The lowest BCUT2D eigenvalue weighted by Crippen LogP contribution is -2.43. The predicted octanol–water partition coefficient (Wildman–Crippen LogP) is 3.78. The van der Waals surface area contributed by atoms with Gasteiger partial charge in [-0.3, -0.25) is 0 Å². The molecule has 1 saturated heterocycles. The molecule has 164 valence electrons. The molecule has 2 aromatic rings. The highest BCUT2D eigenvalue weighted by atomic mass is 16.5. The summed E-state index contributed by atoms with van der Waals surface area (Å²) in [6.07, 6.45) is 5.96. The maximum Gasteiger partial charge on any atom is 0.227 e. The Bertz CT molecular complexity index is 791. The fraction of sp³-hybridized carbons (Fsp3) is 0.565. The van der Waals surface area contributed by atoms with Gasteiger partial charge in [-0.1, -0.05) is 19.9 Å². The minimum atomic E-state index is 0.196. The Hall–Kier alpha value is -2.54.